The number of nitrogens with one attached hydrogen (secondary N) is 1. The molecule has 0 aliphatic rings. The lowest BCUT2D eigenvalue weighted by atomic mass is 9.97. The van der Waals surface area contributed by atoms with Crippen LogP contribution in [0.15, 0.2) is 68.8 Å². The number of hydrogen-bond acceptors (Lipinski definition) is 7. The van der Waals surface area contributed by atoms with Crippen molar-refractivity contribution < 1.29 is 27.3 Å². The van der Waals surface area contributed by atoms with Gasteiger partial charge in [-0.15, -0.1) is 0 Å². The third-order valence-corrected chi connectivity index (χ3v) is 6.17. The van der Waals surface area contributed by atoms with Gasteiger partial charge in [0, 0.05) is 16.7 Å². The average molecular weight is 439 g/mol. The standard InChI is InChI=1S/C21H17N3O6S/c1-12-13(2)23-30-19(12)24-31(27,28)18-6-4-3-5-16(18)15-8-7-14(11-17(15)21(25)26)20-22-9-10-29-20/h3-11,24H,1-2H3,(H,25,26). The number of rotatable bonds is 6. The lowest BCUT2D eigenvalue weighted by Gasteiger charge is -2.14. The molecule has 0 saturated carbocycles. The maximum atomic E-state index is 13.1. The summed E-state index contributed by atoms with van der Waals surface area (Å²) in [6.07, 6.45) is 2.83. The molecular weight excluding hydrogens is 422 g/mol. The largest absolute Gasteiger partial charge is 0.478 e. The molecule has 31 heavy (non-hydrogen) atoms. The highest BCUT2D eigenvalue weighted by Gasteiger charge is 2.25. The Morgan fingerprint density at radius 2 is 1.87 bits per heavy atom. The molecule has 0 saturated heterocycles. The van der Waals surface area contributed by atoms with Gasteiger partial charge in [-0.2, -0.15) is 0 Å². The van der Waals surface area contributed by atoms with Crippen LogP contribution in [0, 0.1) is 13.8 Å². The molecule has 0 bridgehead atoms. The molecule has 2 aromatic heterocycles. The van der Waals surface area contributed by atoms with Gasteiger partial charge < -0.3 is 14.0 Å². The topological polar surface area (TPSA) is 136 Å². The fourth-order valence-corrected chi connectivity index (χ4v) is 4.34. The molecule has 0 fully saturated rings. The van der Waals surface area contributed by atoms with Gasteiger partial charge in [-0.05, 0) is 37.6 Å². The van der Waals surface area contributed by atoms with Gasteiger partial charge in [0.15, 0.2) is 0 Å². The van der Waals surface area contributed by atoms with Gasteiger partial charge in [0.2, 0.25) is 11.8 Å². The maximum Gasteiger partial charge on any atom is 0.336 e. The predicted octanol–water partition coefficient (Wildman–Crippen LogP) is 4.11. The quantitative estimate of drug-likeness (QED) is 0.458. The number of aryl methyl sites for hydroxylation is 1. The zero-order valence-electron chi connectivity index (χ0n) is 16.5. The van der Waals surface area contributed by atoms with Gasteiger partial charge in [0.25, 0.3) is 10.0 Å². The summed E-state index contributed by atoms with van der Waals surface area (Å²) in [5.74, 6) is -0.955. The number of aromatic nitrogens is 2. The van der Waals surface area contributed by atoms with Gasteiger partial charge in [0.1, 0.15) is 6.26 Å². The Labute approximate surface area is 177 Å². The van der Waals surface area contributed by atoms with Gasteiger partial charge >= 0.3 is 5.97 Å². The first-order chi connectivity index (χ1) is 14.8. The van der Waals surface area contributed by atoms with Crippen molar-refractivity contribution >= 4 is 21.9 Å². The Balaban J connectivity index is 1.83. The molecule has 158 valence electrons. The van der Waals surface area contributed by atoms with Crippen LogP contribution in [0.25, 0.3) is 22.6 Å². The highest BCUT2D eigenvalue weighted by molar-refractivity contribution is 7.92. The minimum absolute atomic E-state index is 0.00463. The second-order valence-electron chi connectivity index (χ2n) is 6.73. The van der Waals surface area contributed by atoms with Crippen LogP contribution >= 0.6 is 0 Å². The smallest absolute Gasteiger partial charge is 0.336 e. The summed E-state index contributed by atoms with van der Waals surface area (Å²) in [6.45, 7) is 3.37. The summed E-state index contributed by atoms with van der Waals surface area (Å²) in [4.78, 5) is 15.9. The molecule has 0 unspecified atom stereocenters. The zero-order chi connectivity index (χ0) is 22.2. The Kier molecular flexibility index (Phi) is 5.07. The monoisotopic (exact) mass is 439 g/mol. The van der Waals surface area contributed by atoms with Crippen molar-refractivity contribution in [3.8, 4) is 22.6 Å². The van der Waals surface area contributed by atoms with E-state index in [0.29, 0.717) is 16.8 Å². The second-order valence-corrected chi connectivity index (χ2v) is 8.38. The van der Waals surface area contributed by atoms with E-state index < -0.39 is 16.0 Å². The molecule has 9 nitrogen and oxygen atoms in total. The third kappa shape index (κ3) is 3.80. The minimum atomic E-state index is -4.10. The van der Waals surface area contributed by atoms with Crippen LogP contribution < -0.4 is 4.72 Å². The van der Waals surface area contributed by atoms with E-state index >= 15 is 0 Å². The van der Waals surface area contributed by atoms with Crippen LogP contribution in [0.1, 0.15) is 21.6 Å². The van der Waals surface area contributed by atoms with Crippen molar-refractivity contribution in [3.05, 3.63) is 71.7 Å². The molecule has 10 heteroatoms. The molecule has 4 rings (SSSR count). The van der Waals surface area contributed by atoms with Crippen LogP contribution in [0.5, 0.6) is 0 Å². The first-order valence-corrected chi connectivity index (χ1v) is 10.6. The van der Waals surface area contributed by atoms with Crippen molar-refractivity contribution in [3.63, 3.8) is 0 Å². The van der Waals surface area contributed by atoms with E-state index in [4.69, 9.17) is 8.94 Å². The van der Waals surface area contributed by atoms with Crippen molar-refractivity contribution in [2.24, 2.45) is 0 Å². The normalized spacial score (nSPS) is 11.4. The van der Waals surface area contributed by atoms with Gasteiger partial charge in [-0.1, -0.05) is 29.4 Å². The summed E-state index contributed by atoms with van der Waals surface area (Å²) in [5, 5.41) is 13.5. The summed E-state index contributed by atoms with van der Waals surface area (Å²) in [7, 11) is -4.10. The number of benzene rings is 2. The SMILES string of the molecule is Cc1noc(NS(=O)(=O)c2ccccc2-c2ccc(-c3ncco3)cc2C(=O)O)c1C. The number of anilines is 1. The molecule has 0 atom stereocenters. The van der Waals surface area contributed by atoms with E-state index in [0.717, 1.165) is 0 Å². The highest BCUT2D eigenvalue weighted by atomic mass is 32.2. The van der Waals surface area contributed by atoms with Crippen molar-refractivity contribution in [2.45, 2.75) is 18.7 Å². The molecule has 4 aromatic rings. The third-order valence-electron chi connectivity index (χ3n) is 4.78. The number of carbonyl (C=O) groups is 1. The lowest BCUT2D eigenvalue weighted by Crippen LogP contribution is -2.15. The molecule has 2 heterocycles. The van der Waals surface area contributed by atoms with Gasteiger partial charge in [-0.3, -0.25) is 0 Å². The number of aromatic carboxylic acids is 1. The number of carboxylic acids is 1. The summed E-state index contributed by atoms with van der Waals surface area (Å²) >= 11 is 0. The van der Waals surface area contributed by atoms with E-state index in [9.17, 15) is 18.3 Å². The van der Waals surface area contributed by atoms with Gasteiger partial charge in [0.05, 0.1) is 22.3 Å². The van der Waals surface area contributed by atoms with Crippen molar-refractivity contribution in [1.82, 2.24) is 10.1 Å². The lowest BCUT2D eigenvalue weighted by molar-refractivity contribution is 0.0697. The van der Waals surface area contributed by atoms with E-state index in [-0.39, 0.29) is 33.4 Å². The number of nitrogens with zero attached hydrogens (tertiary/aromatic N) is 2. The fourth-order valence-electron chi connectivity index (χ4n) is 3.07. The van der Waals surface area contributed by atoms with E-state index in [1.165, 1.54) is 30.7 Å². The Hall–Kier alpha value is -3.92. The fraction of sp³-hybridized carbons (Fsp3) is 0.0952. The number of hydrogen-bond donors (Lipinski definition) is 2. The predicted molar refractivity (Wildman–Crippen MR) is 111 cm³/mol. The van der Waals surface area contributed by atoms with E-state index in [1.54, 1.807) is 38.1 Å². The Bertz CT molecular complexity index is 1370. The van der Waals surface area contributed by atoms with Crippen LogP contribution in [-0.2, 0) is 10.0 Å². The number of carboxylic acid groups (broad SMARTS) is 1. The first kappa shape index (κ1) is 20.4. The molecular formula is C21H17N3O6S. The second kappa shape index (κ2) is 7.73. The summed E-state index contributed by atoms with van der Waals surface area (Å²) < 4.78 is 38.9. The van der Waals surface area contributed by atoms with Crippen LogP contribution in [0.3, 0.4) is 0 Å². The van der Waals surface area contributed by atoms with Crippen molar-refractivity contribution in [1.29, 1.82) is 0 Å². The molecule has 0 amide bonds. The highest BCUT2D eigenvalue weighted by Crippen LogP contribution is 2.34. The number of sulfonamides is 1. The van der Waals surface area contributed by atoms with Crippen molar-refractivity contribution in [2.75, 3.05) is 4.72 Å². The zero-order valence-corrected chi connectivity index (χ0v) is 17.3. The average Bonchev–Trinajstić information content (AvgIpc) is 3.39. The molecule has 2 aromatic carbocycles. The van der Waals surface area contributed by atoms with E-state index in [2.05, 4.69) is 14.9 Å². The Morgan fingerprint density at radius 3 is 2.52 bits per heavy atom. The maximum absolute atomic E-state index is 13.1. The van der Waals surface area contributed by atoms with E-state index in [1.807, 2.05) is 0 Å². The molecule has 0 aliphatic carbocycles. The Morgan fingerprint density at radius 1 is 1.10 bits per heavy atom. The molecule has 0 aliphatic heterocycles. The molecule has 0 spiro atoms. The van der Waals surface area contributed by atoms with Gasteiger partial charge in [-0.25, -0.2) is 22.9 Å². The first-order valence-electron chi connectivity index (χ1n) is 9.10. The van der Waals surface area contributed by atoms with Crippen LogP contribution in [0.4, 0.5) is 5.88 Å². The summed E-state index contributed by atoms with van der Waals surface area (Å²) in [5.41, 5.74) is 1.93. The minimum Gasteiger partial charge on any atom is -0.478 e. The van der Waals surface area contributed by atoms with Crippen LogP contribution in [-0.4, -0.2) is 29.6 Å². The van der Waals surface area contributed by atoms with Crippen LogP contribution in [0.2, 0.25) is 0 Å². The molecule has 0 radical (unpaired) electrons. The molecule has 2 N–H and O–H groups in total. The number of oxazole rings is 1. The summed E-state index contributed by atoms with van der Waals surface area (Å²) in [6, 6.07) is 10.7.